The molecular formula is C16H15F2NOS. The number of benzene rings is 2. The Labute approximate surface area is 126 Å². The Morgan fingerprint density at radius 2 is 1.90 bits per heavy atom. The fourth-order valence-corrected chi connectivity index (χ4v) is 2.63. The van der Waals surface area contributed by atoms with Crippen molar-refractivity contribution in [2.24, 2.45) is 0 Å². The Bertz CT molecular complexity index is 619. The van der Waals surface area contributed by atoms with Gasteiger partial charge < -0.3 is 5.32 Å². The van der Waals surface area contributed by atoms with Crippen LogP contribution in [0.4, 0.5) is 8.78 Å². The highest BCUT2D eigenvalue weighted by atomic mass is 32.2. The largest absolute Gasteiger partial charge is 0.351 e. The minimum absolute atomic E-state index is 0.187. The molecule has 0 aromatic heterocycles. The van der Waals surface area contributed by atoms with E-state index in [1.54, 1.807) is 6.92 Å². The van der Waals surface area contributed by atoms with Crippen LogP contribution in [0.5, 0.6) is 0 Å². The second-order valence-electron chi connectivity index (χ2n) is 4.54. The molecule has 2 rings (SSSR count). The number of nitrogens with one attached hydrogen (secondary N) is 1. The van der Waals surface area contributed by atoms with Gasteiger partial charge in [-0.25, -0.2) is 8.78 Å². The third kappa shape index (κ3) is 4.56. The van der Waals surface area contributed by atoms with Crippen molar-refractivity contribution in [3.05, 3.63) is 65.7 Å². The van der Waals surface area contributed by atoms with Gasteiger partial charge in [0.2, 0.25) is 5.91 Å². The highest BCUT2D eigenvalue weighted by Crippen LogP contribution is 2.26. The van der Waals surface area contributed by atoms with Gasteiger partial charge >= 0.3 is 0 Å². The molecular weight excluding hydrogens is 292 g/mol. The Balaban J connectivity index is 1.90. The molecule has 0 heterocycles. The first-order valence-electron chi connectivity index (χ1n) is 6.49. The Hall–Kier alpha value is -1.88. The van der Waals surface area contributed by atoms with Crippen LogP contribution in [-0.2, 0) is 11.3 Å². The van der Waals surface area contributed by atoms with Gasteiger partial charge in [-0.3, -0.25) is 4.79 Å². The van der Waals surface area contributed by atoms with Gasteiger partial charge in [-0.15, -0.1) is 11.8 Å². The maximum Gasteiger partial charge on any atom is 0.233 e. The van der Waals surface area contributed by atoms with Crippen LogP contribution < -0.4 is 5.32 Å². The van der Waals surface area contributed by atoms with Gasteiger partial charge in [-0.05, 0) is 24.6 Å². The molecule has 0 radical (unpaired) electrons. The van der Waals surface area contributed by atoms with E-state index >= 15 is 0 Å². The van der Waals surface area contributed by atoms with Gasteiger partial charge in [0.15, 0.2) is 0 Å². The molecule has 0 bridgehead atoms. The molecule has 0 aliphatic rings. The number of carbonyl (C=O) groups excluding carboxylic acids is 1. The number of carbonyl (C=O) groups is 1. The van der Waals surface area contributed by atoms with E-state index in [9.17, 15) is 13.6 Å². The predicted molar refractivity (Wildman–Crippen MR) is 80.0 cm³/mol. The third-order valence-electron chi connectivity index (χ3n) is 2.88. The zero-order chi connectivity index (χ0) is 15.2. The van der Waals surface area contributed by atoms with E-state index in [-0.39, 0.29) is 10.8 Å². The molecule has 2 aromatic rings. The van der Waals surface area contributed by atoms with Crippen LogP contribution in [0, 0.1) is 11.6 Å². The predicted octanol–water partition coefficient (Wildman–Crippen LogP) is 3.76. The molecule has 0 spiro atoms. The van der Waals surface area contributed by atoms with Crippen molar-refractivity contribution in [3.8, 4) is 0 Å². The Morgan fingerprint density at radius 1 is 1.19 bits per heavy atom. The van der Waals surface area contributed by atoms with Crippen LogP contribution in [-0.4, -0.2) is 11.2 Å². The summed E-state index contributed by atoms with van der Waals surface area (Å²) < 4.78 is 26.4. The summed E-state index contributed by atoms with van der Waals surface area (Å²) in [6.07, 6.45) is 0. The van der Waals surface area contributed by atoms with E-state index in [1.807, 2.05) is 30.3 Å². The van der Waals surface area contributed by atoms with Gasteiger partial charge in [-0.2, -0.15) is 0 Å². The summed E-state index contributed by atoms with van der Waals surface area (Å²) in [5.41, 5.74) is 0.996. The van der Waals surface area contributed by atoms with Crippen molar-refractivity contribution in [2.45, 2.75) is 23.6 Å². The van der Waals surface area contributed by atoms with Gasteiger partial charge in [-0.1, -0.05) is 30.3 Å². The van der Waals surface area contributed by atoms with Crippen molar-refractivity contribution < 1.29 is 13.6 Å². The summed E-state index contributed by atoms with van der Waals surface area (Å²) in [5, 5.41) is 2.33. The fourth-order valence-electron chi connectivity index (χ4n) is 1.74. The molecule has 0 aliphatic carbocycles. The molecule has 0 fully saturated rings. The van der Waals surface area contributed by atoms with Gasteiger partial charge in [0, 0.05) is 17.5 Å². The van der Waals surface area contributed by atoms with E-state index in [0.717, 1.165) is 23.4 Å². The smallest absolute Gasteiger partial charge is 0.233 e. The minimum Gasteiger partial charge on any atom is -0.351 e. The van der Waals surface area contributed by atoms with Gasteiger partial charge in [0.1, 0.15) is 11.6 Å². The lowest BCUT2D eigenvalue weighted by Gasteiger charge is -2.12. The first-order valence-corrected chi connectivity index (χ1v) is 7.37. The monoisotopic (exact) mass is 307 g/mol. The van der Waals surface area contributed by atoms with Crippen molar-refractivity contribution in [1.29, 1.82) is 0 Å². The van der Waals surface area contributed by atoms with Crippen molar-refractivity contribution >= 4 is 17.7 Å². The SMILES string of the molecule is C[C@@H](Sc1ccc(F)cc1F)C(=O)NCc1ccccc1. The number of hydrogen-bond acceptors (Lipinski definition) is 2. The molecule has 21 heavy (non-hydrogen) atoms. The number of thioether (sulfide) groups is 1. The quantitative estimate of drug-likeness (QED) is 0.852. The minimum atomic E-state index is -0.650. The molecule has 0 unspecified atom stereocenters. The van der Waals surface area contributed by atoms with Crippen LogP contribution in [0.25, 0.3) is 0 Å². The standard InChI is InChI=1S/C16H15F2NOS/c1-11(21-15-8-7-13(17)9-14(15)18)16(20)19-10-12-5-3-2-4-6-12/h2-9,11H,10H2,1H3,(H,19,20)/t11-/m1/s1. The molecule has 2 nitrogen and oxygen atoms in total. The highest BCUT2D eigenvalue weighted by molar-refractivity contribution is 8.00. The van der Waals surface area contributed by atoms with Crippen LogP contribution in [0.1, 0.15) is 12.5 Å². The topological polar surface area (TPSA) is 29.1 Å². The Kier molecular flexibility index (Phi) is 5.33. The molecule has 2 aromatic carbocycles. The zero-order valence-corrected chi connectivity index (χ0v) is 12.3. The van der Waals surface area contributed by atoms with E-state index in [2.05, 4.69) is 5.32 Å². The van der Waals surface area contributed by atoms with Crippen molar-refractivity contribution in [2.75, 3.05) is 0 Å². The van der Waals surface area contributed by atoms with E-state index in [0.29, 0.717) is 6.54 Å². The summed E-state index contributed by atoms with van der Waals surface area (Å²) in [6, 6.07) is 12.9. The molecule has 1 N–H and O–H groups in total. The first kappa shape index (κ1) is 15.5. The second kappa shape index (κ2) is 7.22. The molecule has 0 aliphatic heterocycles. The molecule has 1 amide bonds. The van der Waals surface area contributed by atoms with Gasteiger partial charge in [0.25, 0.3) is 0 Å². The zero-order valence-electron chi connectivity index (χ0n) is 11.5. The average molecular weight is 307 g/mol. The lowest BCUT2D eigenvalue weighted by molar-refractivity contribution is -0.120. The lowest BCUT2D eigenvalue weighted by Crippen LogP contribution is -2.30. The summed E-state index contributed by atoms with van der Waals surface area (Å²) in [6.45, 7) is 2.12. The van der Waals surface area contributed by atoms with Crippen LogP contribution in [0.15, 0.2) is 53.4 Å². The van der Waals surface area contributed by atoms with Crippen LogP contribution >= 0.6 is 11.8 Å². The summed E-state index contributed by atoms with van der Waals surface area (Å²) >= 11 is 1.07. The third-order valence-corrected chi connectivity index (χ3v) is 4.03. The van der Waals surface area contributed by atoms with Crippen molar-refractivity contribution in [1.82, 2.24) is 5.32 Å². The normalized spacial score (nSPS) is 12.0. The second-order valence-corrected chi connectivity index (χ2v) is 5.92. The van der Waals surface area contributed by atoms with E-state index in [4.69, 9.17) is 0 Å². The maximum absolute atomic E-state index is 13.5. The van der Waals surface area contributed by atoms with Crippen LogP contribution in [0.3, 0.4) is 0 Å². The lowest BCUT2D eigenvalue weighted by atomic mass is 10.2. The average Bonchev–Trinajstić information content (AvgIpc) is 2.48. The number of amides is 1. The summed E-state index contributed by atoms with van der Waals surface area (Å²) in [7, 11) is 0. The molecule has 0 saturated heterocycles. The Morgan fingerprint density at radius 3 is 2.57 bits per heavy atom. The maximum atomic E-state index is 13.5. The molecule has 0 saturated carbocycles. The fraction of sp³-hybridized carbons (Fsp3) is 0.188. The summed E-state index contributed by atoms with van der Waals surface area (Å²) in [5.74, 6) is -1.46. The molecule has 110 valence electrons. The molecule has 1 atom stereocenters. The van der Waals surface area contributed by atoms with E-state index < -0.39 is 16.9 Å². The highest BCUT2D eigenvalue weighted by Gasteiger charge is 2.16. The summed E-state index contributed by atoms with van der Waals surface area (Å²) in [4.78, 5) is 12.2. The first-order chi connectivity index (χ1) is 10.1. The van der Waals surface area contributed by atoms with E-state index in [1.165, 1.54) is 12.1 Å². The number of hydrogen-bond donors (Lipinski definition) is 1. The number of rotatable bonds is 5. The van der Waals surface area contributed by atoms with Crippen LogP contribution in [0.2, 0.25) is 0 Å². The number of halogens is 2. The van der Waals surface area contributed by atoms with Crippen molar-refractivity contribution in [3.63, 3.8) is 0 Å². The van der Waals surface area contributed by atoms with Gasteiger partial charge in [0.05, 0.1) is 5.25 Å². The molecule has 5 heteroatoms.